The molecule has 1 amide bonds. The van der Waals surface area contributed by atoms with Gasteiger partial charge in [0, 0.05) is 27.9 Å². The van der Waals surface area contributed by atoms with E-state index in [1.54, 1.807) is 12.1 Å². The quantitative estimate of drug-likeness (QED) is 0.368. The first-order valence-corrected chi connectivity index (χ1v) is 12.0. The monoisotopic (exact) mass is 441 g/mol. The Morgan fingerprint density at radius 2 is 2.06 bits per heavy atom. The number of hydrogen-bond acceptors (Lipinski definition) is 4. The molecule has 0 aliphatic heterocycles. The van der Waals surface area contributed by atoms with Crippen molar-refractivity contribution in [2.24, 2.45) is 23.2 Å². The zero-order chi connectivity index (χ0) is 22.2. The third-order valence-corrected chi connectivity index (χ3v) is 8.50. The number of phenolic OH excluding ortho intramolecular Hbond substituents is 1. The number of amides is 1. The van der Waals surface area contributed by atoms with Gasteiger partial charge in [0.05, 0.1) is 5.56 Å². The number of rotatable bonds is 8. The molecule has 0 radical (unpaired) electrons. The fourth-order valence-corrected chi connectivity index (χ4v) is 6.47. The van der Waals surface area contributed by atoms with Gasteiger partial charge in [0.2, 0.25) is 0 Å². The summed E-state index contributed by atoms with van der Waals surface area (Å²) in [7, 11) is 0. The summed E-state index contributed by atoms with van der Waals surface area (Å²) in [5.74, 6) is 0.939. The third-order valence-electron chi connectivity index (χ3n) is 7.54. The Hall–Kier alpha value is -2.34. The number of hydrogen-bond donors (Lipinski definition) is 3. The van der Waals surface area contributed by atoms with Crippen LogP contribution in [0.3, 0.4) is 0 Å². The second kappa shape index (κ2) is 8.65. The topological polar surface area (TPSA) is 86.6 Å². The van der Waals surface area contributed by atoms with Crippen LogP contribution in [0, 0.1) is 23.2 Å². The van der Waals surface area contributed by atoms with Gasteiger partial charge in [-0.25, -0.2) is 0 Å². The number of phenols is 1. The summed E-state index contributed by atoms with van der Waals surface area (Å²) in [5.41, 5.74) is 0.882. The maximum absolute atomic E-state index is 13.2. The molecule has 3 aliphatic carbocycles. The summed E-state index contributed by atoms with van der Waals surface area (Å²) in [6.45, 7) is 4.64. The van der Waals surface area contributed by atoms with Crippen LogP contribution in [-0.4, -0.2) is 28.1 Å². The van der Waals surface area contributed by atoms with Crippen LogP contribution in [0.25, 0.3) is 10.1 Å². The lowest BCUT2D eigenvalue weighted by molar-refractivity contribution is -0.137. The van der Waals surface area contributed by atoms with Gasteiger partial charge in [0.1, 0.15) is 5.75 Å². The lowest BCUT2D eigenvalue weighted by Gasteiger charge is -2.62. The number of aliphatic carboxylic acids is 1. The van der Waals surface area contributed by atoms with Gasteiger partial charge in [-0.15, -0.1) is 11.3 Å². The van der Waals surface area contributed by atoms with E-state index in [9.17, 15) is 14.7 Å². The molecule has 3 fully saturated rings. The van der Waals surface area contributed by atoms with E-state index >= 15 is 0 Å². The summed E-state index contributed by atoms with van der Waals surface area (Å²) < 4.78 is 0.997. The number of fused-ring (bicyclic) bond motifs is 3. The van der Waals surface area contributed by atoms with Gasteiger partial charge in [-0.05, 0) is 73.5 Å². The van der Waals surface area contributed by atoms with Gasteiger partial charge in [0.25, 0.3) is 5.91 Å². The number of aromatic hydroxyl groups is 1. The number of allylic oxidation sites excluding steroid dienone is 2. The van der Waals surface area contributed by atoms with Crippen molar-refractivity contribution < 1.29 is 19.8 Å². The molecule has 3 saturated carbocycles. The molecule has 0 unspecified atom stereocenters. The van der Waals surface area contributed by atoms with E-state index in [1.807, 2.05) is 11.4 Å². The molecular weight excluding hydrogens is 410 g/mol. The standard InChI is InChI=1S/C25H31NO4S/c1-25(2)16-11-15(7-5-3-4-6-8-22(28)29)23(20(25)12-16)26-24(30)19-14-31-21-10-9-17(27)13-18(19)21/h3,5,9-10,13-16,20,23,27H,4,6-8,11-12H2,1-2H3,(H,26,30)(H,28,29)/b5-3-/t15-,16+,20+,23+/m0/s1. The molecule has 2 bridgehead atoms. The van der Waals surface area contributed by atoms with Crippen molar-refractivity contribution in [1.82, 2.24) is 5.32 Å². The Bertz CT molecular complexity index is 1010. The van der Waals surface area contributed by atoms with E-state index in [0.717, 1.165) is 29.3 Å². The Balaban J connectivity index is 1.46. The number of carbonyl (C=O) groups excluding carboxylic acids is 1. The van der Waals surface area contributed by atoms with E-state index in [-0.39, 0.29) is 29.5 Å². The lowest BCUT2D eigenvalue weighted by Crippen LogP contribution is -2.63. The molecule has 1 aromatic carbocycles. The largest absolute Gasteiger partial charge is 0.508 e. The Morgan fingerprint density at radius 3 is 2.81 bits per heavy atom. The van der Waals surface area contributed by atoms with E-state index in [2.05, 4.69) is 31.3 Å². The number of nitrogens with one attached hydrogen (secondary N) is 1. The van der Waals surface area contributed by atoms with Crippen molar-refractivity contribution in [2.45, 2.75) is 58.4 Å². The molecule has 4 atom stereocenters. The van der Waals surface area contributed by atoms with Crippen molar-refractivity contribution in [3.05, 3.63) is 41.3 Å². The number of carbonyl (C=O) groups is 2. The SMILES string of the molecule is CC1(C)[C@@H]2C[C@H](C/C=C\CCCC(=O)O)[C@@H](NC(=O)c3csc4ccc(O)cc34)[C@H]1C2. The van der Waals surface area contributed by atoms with E-state index in [0.29, 0.717) is 29.7 Å². The fraction of sp³-hybridized carbons (Fsp3) is 0.520. The highest BCUT2D eigenvalue weighted by Gasteiger charge is 2.57. The van der Waals surface area contributed by atoms with Gasteiger partial charge in [-0.2, -0.15) is 0 Å². The van der Waals surface area contributed by atoms with Crippen molar-refractivity contribution in [3.63, 3.8) is 0 Å². The van der Waals surface area contributed by atoms with Crippen LogP contribution in [0.2, 0.25) is 0 Å². The van der Waals surface area contributed by atoms with Crippen LogP contribution in [0.1, 0.15) is 62.7 Å². The minimum absolute atomic E-state index is 0.0570. The summed E-state index contributed by atoms with van der Waals surface area (Å²) in [6.07, 6.45) is 9.08. The summed E-state index contributed by atoms with van der Waals surface area (Å²) in [5, 5.41) is 24.7. The number of carboxylic acids is 1. The number of carboxylic acid groups (broad SMARTS) is 1. The van der Waals surface area contributed by atoms with Gasteiger partial charge < -0.3 is 15.5 Å². The summed E-state index contributed by atoms with van der Waals surface area (Å²) >= 11 is 1.52. The number of unbranched alkanes of at least 4 members (excludes halogenated alkanes) is 1. The van der Waals surface area contributed by atoms with Crippen LogP contribution in [0.4, 0.5) is 0 Å². The molecule has 6 heteroatoms. The summed E-state index contributed by atoms with van der Waals surface area (Å²) in [4.78, 5) is 23.9. The van der Waals surface area contributed by atoms with Crippen LogP contribution in [-0.2, 0) is 4.79 Å². The lowest BCUT2D eigenvalue weighted by atomic mass is 9.44. The van der Waals surface area contributed by atoms with E-state index in [1.165, 1.54) is 17.8 Å². The van der Waals surface area contributed by atoms with E-state index in [4.69, 9.17) is 5.11 Å². The molecule has 3 aliphatic rings. The van der Waals surface area contributed by atoms with Crippen molar-refractivity contribution >= 4 is 33.3 Å². The average molecular weight is 442 g/mol. The maximum Gasteiger partial charge on any atom is 0.303 e. The van der Waals surface area contributed by atoms with Crippen LogP contribution in [0.5, 0.6) is 5.75 Å². The van der Waals surface area contributed by atoms with Crippen LogP contribution >= 0.6 is 11.3 Å². The Morgan fingerprint density at radius 1 is 1.26 bits per heavy atom. The highest BCUT2D eigenvalue weighted by atomic mass is 32.1. The first kappa shape index (κ1) is 21.9. The molecule has 0 spiro atoms. The van der Waals surface area contributed by atoms with Gasteiger partial charge in [-0.1, -0.05) is 26.0 Å². The predicted molar refractivity (Wildman–Crippen MR) is 123 cm³/mol. The Kier molecular flexibility index (Phi) is 6.11. The molecule has 5 rings (SSSR count). The molecule has 5 nitrogen and oxygen atoms in total. The van der Waals surface area contributed by atoms with Crippen LogP contribution in [0.15, 0.2) is 35.7 Å². The zero-order valence-corrected chi connectivity index (χ0v) is 19.0. The smallest absolute Gasteiger partial charge is 0.303 e. The number of thiophene rings is 1. The molecule has 3 N–H and O–H groups in total. The molecule has 0 saturated heterocycles. The normalized spacial score (nSPS) is 26.6. The minimum Gasteiger partial charge on any atom is -0.508 e. The predicted octanol–water partition coefficient (Wildman–Crippen LogP) is 5.59. The molecule has 2 aromatic rings. The average Bonchev–Trinajstić information content (AvgIpc) is 3.13. The zero-order valence-electron chi connectivity index (χ0n) is 18.1. The van der Waals surface area contributed by atoms with E-state index < -0.39 is 5.97 Å². The fourth-order valence-electron chi connectivity index (χ4n) is 5.55. The molecule has 166 valence electrons. The van der Waals surface area contributed by atoms with Crippen LogP contribution < -0.4 is 5.32 Å². The Labute approximate surface area is 187 Å². The molecular formula is C25H31NO4S. The first-order chi connectivity index (χ1) is 14.8. The first-order valence-electron chi connectivity index (χ1n) is 11.1. The molecule has 31 heavy (non-hydrogen) atoms. The summed E-state index contributed by atoms with van der Waals surface area (Å²) in [6, 6.07) is 5.30. The molecule has 1 aromatic heterocycles. The van der Waals surface area contributed by atoms with Crippen molar-refractivity contribution in [2.75, 3.05) is 0 Å². The highest BCUT2D eigenvalue weighted by Crippen LogP contribution is 2.61. The third kappa shape index (κ3) is 4.36. The van der Waals surface area contributed by atoms with Crippen molar-refractivity contribution in [3.8, 4) is 5.75 Å². The number of benzene rings is 1. The second-order valence-corrected chi connectivity index (χ2v) is 10.6. The highest BCUT2D eigenvalue weighted by molar-refractivity contribution is 7.17. The van der Waals surface area contributed by atoms with Gasteiger partial charge in [-0.3, -0.25) is 9.59 Å². The van der Waals surface area contributed by atoms with Gasteiger partial charge in [0.15, 0.2) is 0 Å². The minimum atomic E-state index is -0.750. The van der Waals surface area contributed by atoms with Gasteiger partial charge >= 0.3 is 5.97 Å². The molecule has 1 heterocycles. The second-order valence-electron chi connectivity index (χ2n) is 9.68. The van der Waals surface area contributed by atoms with Crippen molar-refractivity contribution in [1.29, 1.82) is 0 Å². The maximum atomic E-state index is 13.2.